The minimum Gasteiger partial charge on any atom is -0.451 e. The zero-order valence-electron chi connectivity index (χ0n) is 20.4. The van der Waals surface area contributed by atoms with Crippen LogP contribution in [0.15, 0.2) is 84.9 Å². The molecule has 0 unspecified atom stereocenters. The third-order valence-corrected chi connectivity index (χ3v) is 8.32. The molecule has 3 aromatic rings. The second-order valence-electron chi connectivity index (χ2n) is 10.3. The van der Waals surface area contributed by atoms with E-state index in [2.05, 4.69) is 12.1 Å². The topological polar surface area (TPSA) is 80.8 Å². The maximum atomic E-state index is 13.5. The third kappa shape index (κ3) is 3.88. The molecule has 3 fully saturated rings. The van der Waals surface area contributed by atoms with Gasteiger partial charge in [0.05, 0.1) is 23.1 Å². The molecular formula is C31H27NO5. The van der Waals surface area contributed by atoms with Gasteiger partial charge in [0.15, 0.2) is 6.10 Å². The molecule has 1 saturated heterocycles. The molecule has 3 aromatic carbocycles. The fraction of sp³-hybridized carbons (Fsp3) is 0.290. The quantitative estimate of drug-likeness (QED) is 0.273. The van der Waals surface area contributed by atoms with E-state index < -0.39 is 12.1 Å². The maximum Gasteiger partial charge on any atom is 0.338 e. The van der Waals surface area contributed by atoms with Crippen LogP contribution in [0.3, 0.4) is 0 Å². The van der Waals surface area contributed by atoms with Crippen molar-refractivity contribution in [3.05, 3.63) is 102 Å². The molecule has 6 atom stereocenters. The van der Waals surface area contributed by atoms with Crippen molar-refractivity contribution in [3.63, 3.8) is 0 Å². The highest BCUT2D eigenvalue weighted by Crippen LogP contribution is 2.61. The SMILES string of the molecule is C[C@H](OC(=O)c1ccc(N2C(=O)[C@@H]3[C@@H]4C[C@@H]([C@H]3C2=O)[C@@H](c2ccccc2)C4)cc1)C(=O)c1ccccc1. The monoisotopic (exact) mass is 493 g/mol. The van der Waals surface area contributed by atoms with Gasteiger partial charge < -0.3 is 4.74 Å². The summed E-state index contributed by atoms with van der Waals surface area (Å²) >= 11 is 0. The van der Waals surface area contributed by atoms with Crippen molar-refractivity contribution in [2.45, 2.75) is 31.8 Å². The minimum atomic E-state index is -0.941. The van der Waals surface area contributed by atoms with E-state index in [0.717, 1.165) is 12.8 Å². The lowest BCUT2D eigenvalue weighted by Crippen LogP contribution is -2.33. The van der Waals surface area contributed by atoms with Gasteiger partial charge >= 0.3 is 5.97 Å². The fourth-order valence-electron chi connectivity index (χ4n) is 6.66. The number of nitrogens with zero attached hydrogens (tertiary/aromatic N) is 1. The van der Waals surface area contributed by atoms with Gasteiger partial charge in [-0.05, 0) is 67.3 Å². The molecule has 37 heavy (non-hydrogen) atoms. The molecule has 2 saturated carbocycles. The number of benzene rings is 3. The Balaban J connectivity index is 1.16. The molecule has 0 N–H and O–H groups in total. The van der Waals surface area contributed by atoms with Crippen molar-refractivity contribution in [1.82, 2.24) is 0 Å². The summed E-state index contributed by atoms with van der Waals surface area (Å²) in [4.78, 5) is 53.4. The first-order chi connectivity index (χ1) is 17.9. The number of hydrogen-bond acceptors (Lipinski definition) is 5. The van der Waals surface area contributed by atoms with Crippen LogP contribution in [0, 0.1) is 23.7 Å². The summed E-state index contributed by atoms with van der Waals surface area (Å²) in [5, 5.41) is 0. The molecule has 2 aliphatic carbocycles. The number of ether oxygens (including phenoxy) is 1. The first kappa shape index (κ1) is 23.3. The summed E-state index contributed by atoms with van der Waals surface area (Å²) in [5.41, 5.74) is 2.43. The number of hydrogen-bond donors (Lipinski definition) is 0. The lowest BCUT2D eigenvalue weighted by Gasteiger charge is -2.28. The molecule has 0 radical (unpaired) electrons. The predicted octanol–water partition coefficient (Wildman–Crippen LogP) is 5.04. The summed E-state index contributed by atoms with van der Waals surface area (Å²) < 4.78 is 5.38. The molecule has 0 aromatic heterocycles. The van der Waals surface area contributed by atoms with Crippen molar-refractivity contribution in [2.24, 2.45) is 23.7 Å². The van der Waals surface area contributed by atoms with Crippen LogP contribution in [-0.2, 0) is 14.3 Å². The van der Waals surface area contributed by atoms with E-state index in [-0.39, 0.29) is 46.8 Å². The second-order valence-corrected chi connectivity index (χ2v) is 10.3. The maximum absolute atomic E-state index is 13.5. The first-order valence-corrected chi connectivity index (χ1v) is 12.8. The van der Waals surface area contributed by atoms with E-state index in [1.807, 2.05) is 24.3 Å². The smallest absolute Gasteiger partial charge is 0.338 e. The van der Waals surface area contributed by atoms with Gasteiger partial charge in [-0.1, -0.05) is 60.7 Å². The predicted molar refractivity (Wildman–Crippen MR) is 137 cm³/mol. The minimum absolute atomic E-state index is 0.133. The Kier molecular flexibility index (Phi) is 5.75. The number of carbonyl (C=O) groups excluding carboxylic acids is 4. The summed E-state index contributed by atoms with van der Waals surface area (Å²) in [6, 6.07) is 25.2. The number of amides is 2. The summed E-state index contributed by atoms with van der Waals surface area (Å²) in [6.45, 7) is 1.54. The molecule has 1 heterocycles. The molecule has 1 aliphatic heterocycles. The number of fused-ring (bicyclic) bond motifs is 5. The number of rotatable bonds is 6. The second kappa shape index (κ2) is 9.11. The van der Waals surface area contributed by atoms with Crippen LogP contribution in [0.1, 0.15) is 52.0 Å². The van der Waals surface area contributed by atoms with Gasteiger partial charge in [0.1, 0.15) is 0 Å². The number of anilines is 1. The van der Waals surface area contributed by atoms with Crippen LogP contribution in [-0.4, -0.2) is 29.7 Å². The largest absolute Gasteiger partial charge is 0.451 e. The van der Waals surface area contributed by atoms with Crippen molar-refractivity contribution >= 4 is 29.3 Å². The van der Waals surface area contributed by atoms with E-state index >= 15 is 0 Å². The van der Waals surface area contributed by atoms with Gasteiger partial charge in [-0.25, -0.2) is 4.79 Å². The van der Waals surface area contributed by atoms with Crippen molar-refractivity contribution in [2.75, 3.05) is 4.90 Å². The Morgan fingerprint density at radius 2 is 1.41 bits per heavy atom. The van der Waals surface area contributed by atoms with Gasteiger partial charge in [-0.2, -0.15) is 0 Å². The van der Waals surface area contributed by atoms with Crippen LogP contribution < -0.4 is 4.90 Å². The average molecular weight is 494 g/mol. The van der Waals surface area contributed by atoms with E-state index in [9.17, 15) is 19.2 Å². The number of Topliss-reactive ketones (excluding diaryl/α,β-unsaturated/α-hetero) is 1. The van der Waals surface area contributed by atoms with Crippen molar-refractivity contribution < 1.29 is 23.9 Å². The van der Waals surface area contributed by atoms with Crippen LogP contribution in [0.4, 0.5) is 5.69 Å². The summed E-state index contributed by atoms with van der Waals surface area (Å²) in [6.07, 6.45) is 0.918. The molecule has 2 bridgehead atoms. The molecule has 186 valence electrons. The molecule has 6 rings (SSSR count). The Morgan fingerprint density at radius 3 is 2.08 bits per heavy atom. The first-order valence-electron chi connectivity index (χ1n) is 12.8. The normalized spacial score (nSPS) is 26.7. The van der Waals surface area contributed by atoms with Gasteiger partial charge in [-0.15, -0.1) is 0 Å². The summed E-state index contributed by atoms with van der Waals surface area (Å²) in [5.74, 6) is -1.03. The third-order valence-electron chi connectivity index (χ3n) is 8.32. The molecule has 0 spiro atoms. The Labute approximate surface area is 215 Å². The zero-order chi connectivity index (χ0) is 25.7. The summed E-state index contributed by atoms with van der Waals surface area (Å²) in [7, 11) is 0. The number of ketones is 1. The van der Waals surface area contributed by atoms with Gasteiger partial charge in [0.25, 0.3) is 0 Å². The highest BCUT2D eigenvalue weighted by Gasteiger charge is 2.64. The van der Waals surface area contributed by atoms with Crippen molar-refractivity contribution in [3.8, 4) is 0 Å². The van der Waals surface area contributed by atoms with Crippen LogP contribution in [0.25, 0.3) is 0 Å². The molecular weight excluding hydrogens is 466 g/mol. The molecule has 6 nitrogen and oxygen atoms in total. The molecule has 6 heteroatoms. The van der Waals surface area contributed by atoms with E-state index in [1.54, 1.807) is 43.3 Å². The van der Waals surface area contributed by atoms with Crippen molar-refractivity contribution in [1.29, 1.82) is 0 Å². The zero-order valence-corrected chi connectivity index (χ0v) is 20.4. The Morgan fingerprint density at radius 1 is 0.784 bits per heavy atom. The molecule has 3 aliphatic rings. The number of carbonyl (C=O) groups is 4. The number of imide groups is 1. The lowest BCUT2D eigenvalue weighted by atomic mass is 9.73. The van der Waals surface area contributed by atoms with Crippen LogP contribution in [0.2, 0.25) is 0 Å². The standard InChI is InChI=1S/C31H27NO5/c1-18(28(33)20-10-6-3-7-11-20)37-31(36)21-12-14-23(15-13-21)32-29(34)26-22-16-24(19-8-4-2-5-9-19)25(17-22)27(26)30(32)35/h2-15,18,22,24-27H,16-17H2,1H3/t18-,22-,24+,25+,26+,27+/m0/s1. The van der Waals surface area contributed by atoms with Crippen LogP contribution >= 0.6 is 0 Å². The highest BCUT2D eigenvalue weighted by molar-refractivity contribution is 6.22. The van der Waals surface area contributed by atoms with Gasteiger partial charge in [0, 0.05) is 5.56 Å². The Bertz CT molecular complexity index is 1370. The lowest BCUT2D eigenvalue weighted by molar-refractivity contribution is -0.123. The fourth-order valence-corrected chi connectivity index (χ4v) is 6.66. The van der Waals surface area contributed by atoms with E-state index in [4.69, 9.17) is 4.74 Å². The highest BCUT2D eigenvalue weighted by atomic mass is 16.5. The van der Waals surface area contributed by atoms with E-state index in [1.165, 1.54) is 22.6 Å². The Hall–Kier alpha value is -4.06. The number of esters is 1. The van der Waals surface area contributed by atoms with Gasteiger partial charge in [0.2, 0.25) is 17.6 Å². The van der Waals surface area contributed by atoms with E-state index in [0.29, 0.717) is 17.2 Å². The average Bonchev–Trinajstić information content (AvgIpc) is 3.60. The molecule has 2 amide bonds. The van der Waals surface area contributed by atoms with Crippen LogP contribution in [0.5, 0.6) is 0 Å². The van der Waals surface area contributed by atoms with Gasteiger partial charge in [-0.3, -0.25) is 19.3 Å².